The number of halogens is 2. The van der Waals surface area contributed by atoms with Crippen LogP contribution in [-0.4, -0.2) is 15.8 Å². The Labute approximate surface area is 96.2 Å². The molecule has 5 heteroatoms. The Hall–Kier alpha value is -2.17. The normalized spacial score (nSPS) is 10.2. The van der Waals surface area contributed by atoms with Gasteiger partial charge < -0.3 is 0 Å². The third-order valence-corrected chi connectivity index (χ3v) is 2.17. The Morgan fingerprint density at radius 2 is 1.88 bits per heavy atom. The number of carbonyl (C=O) groups is 1. The quantitative estimate of drug-likeness (QED) is 0.764. The highest BCUT2D eigenvalue weighted by Crippen LogP contribution is 2.11. The monoisotopic (exact) mass is 234 g/mol. The van der Waals surface area contributed by atoms with Gasteiger partial charge in [-0.05, 0) is 18.2 Å². The van der Waals surface area contributed by atoms with E-state index in [4.69, 9.17) is 0 Å². The lowest BCUT2D eigenvalue weighted by Crippen LogP contribution is -2.08. The van der Waals surface area contributed by atoms with Gasteiger partial charge in [-0.25, -0.2) is 18.7 Å². The lowest BCUT2D eigenvalue weighted by Gasteiger charge is -2.01. The lowest BCUT2D eigenvalue weighted by atomic mass is 10.1. The minimum Gasteiger partial charge on any atom is -0.294 e. The Kier molecular flexibility index (Phi) is 3.18. The maximum absolute atomic E-state index is 13.3. The van der Waals surface area contributed by atoms with Crippen molar-refractivity contribution in [3.8, 4) is 0 Å². The first-order valence-corrected chi connectivity index (χ1v) is 4.91. The number of nitrogens with zero attached hydrogens (tertiary/aromatic N) is 2. The Bertz CT molecular complexity index is 543. The smallest absolute Gasteiger partial charge is 0.173 e. The second-order valence-corrected chi connectivity index (χ2v) is 3.39. The molecule has 0 fully saturated rings. The highest BCUT2D eigenvalue weighted by atomic mass is 19.1. The van der Waals surface area contributed by atoms with Crippen molar-refractivity contribution in [3.05, 3.63) is 59.7 Å². The molecule has 2 aromatic rings. The van der Waals surface area contributed by atoms with Crippen LogP contribution in [-0.2, 0) is 6.42 Å². The molecule has 0 unspecified atom stereocenters. The molecule has 0 amide bonds. The largest absolute Gasteiger partial charge is 0.294 e. The Morgan fingerprint density at radius 3 is 2.53 bits per heavy atom. The Balaban J connectivity index is 2.21. The van der Waals surface area contributed by atoms with E-state index in [0.29, 0.717) is 11.9 Å². The average molecular weight is 234 g/mol. The van der Waals surface area contributed by atoms with Crippen LogP contribution in [0, 0.1) is 11.6 Å². The third-order valence-electron chi connectivity index (χ3n) is 2.17. The molecule has 86 valence electrons. The number of ketones is 1. The van der Waals surface area contributed by atoms with Gasteiger partial charge in [0.15, 0.2) is 5.78 Å². The van der Waals surface area contributed by atoms with E-state index in [9.17, 15) is 13.6 Å². The van der Waals surface area contributed by atoms with Gasteiger partial charge in [0, 0.05) is 18.5 Å². The maximum Gasteiger partial charge on any atom is 0.173 e. The van der Waals surface area contributed by atoms with Crippen molar-refractivity contribution in [1.29, 1.82) is 0 Å². The van der Waals surface area contributed by atoms with Crippen LogP contribution in [0.3, 0.4) is 0 Å². The van der Waals surface area contributed by atoms with Gasteiger partial charge >= 0.3 is 0 Å². The summed E-state index contributed by atoms with van der Waals surface area (Å²) in [5, 5.41) is 0. The summed E-state index contributed by atoms with van der Waals surface area (Å²) in [5.41, 5.74) is -0.154. The SMILES string of the molecule is O=C(Cc1ncccn1)c1ccc(F)cc1F. The van der Waals surface area contributed by atoms with Gasteiger partial charge in [-0.1, -0.05) is 0 Å². The maximum atomic E-state index is 13.3. The summed E-state index contributed by atoms with van der Waals surface area (Å²) in [6.45, 7) is 0. The molecular weight excluding hydrogens is 226 g/mol. The van der Waals surface area contributed by atoms with Crippen LogP contribution >= 0.6 is 0 Å². The summed E-state index contributed by atoms with van der Waals surface area (Å²) in [7, 11) is 0. The fourth-order valence-corrected chi connectivity index (χ4v) is 1.38. The second kappa shape index (κ2) is 4.78. The molecule has 1 heterocycles. The van der Waals surface area contributed by atoms with E-state index >= 15 is 0 Å². The minimum absolute atomic E-state index is 0.108. The molecule has 0 saturated heterocycles. The fraction of sp³-hybridized carbons (Fsp3) is 0.0833. The molecule has 0 aliphatic rings. The van der Waals surface area contributed by atoms with E-state index in [2.05, 4.69) is 9.97 Å². The van der Waals surface area contributed by atoms with E-state index in [1.165, 1.54) is 12.4 Å². The van der Waals surface area contributed by atoms with Crippen molar-refractivity contribution in [1.82, 2.24) is 9.97 Å². The summed E-state index contributed by atoms with van der Waals surface area (Å²) in [5.74, 6) is -1.75. The highest BCUT2D eigenvalue weighted by Gasteiger charge is 2.13. The van der Waals surface area contributed by atoms with Crippen molar-refractivity contribution in [2.24, 2.45) is 0 Å². The third kappa shape index (κ3) is 2.69. The molecule has 17 heavy (non-hydrogen) atoms. The fourth-order valence-electron chi connectivity index (χ4n) is 1.38. The van der Waals surface area contributed by atoms with Crippen LogP contribution in [0.4, 0.5) is 8.78 Å². The number of carbonyl (C=O) groups excluding carboxylic acids is 1. The Morgan fingerprint density at radius 1 is 1.18 bits per heavy atom. The zero-order valence-electron chi connectivity index (χ0n) is 8.73. The van der Waals surface area contributed by atoms with Gasteiger partial charge in [0.05, 0.1) is 12.0 Å². The van der Waals surface area contributed by atoms with E-state index < -0.39 is 17.4 Å². The lowest BCUT2D eigenvalue weighted by molar-refractivity contribution is 0.0987. The number of benzene rings is 1. The molecule has 0 saturated carbocycles. The van der Waals surface area contributed by atoms with Crippen molar-refractivity contribution >= 4 is 5.78 Å². The summed E-state index contributed by atoms with van der Waals surface area (Å²) < 4.78 is 26.0. The highest BCUT2D eigenvalue weighted by molar-refractivity contribution is 5.97. The molecule has 0 bridgehead atoms. The van der Waals surface area contributed by atoms with Gasteiger partial charge in [0.2, 0.25) is 0 Å². The molecule has 1 aromatic heterocycles. The molecule has 0 aliphatic heterocycles. The van der Waals surface area contributed by atoms with Gasteiger partial charge in [-0.3, -0.25) is 4.79 Å². The van der Waals surface area contributed by atoms with Crippen LogP contribution in [0.2, 0.25) is 0 Å². The van der Waals surface area contributed by atoms with E-state index in [1.54, 1.807) is 6.07 Å². The van der Waals surface area contributed by atoms with Crippen molar-refractivity contribution < 1.29 is 13.6 Å². The first-order valence-electron chi connectivity index (χ1n) is 4.91. The number of hydrogen-bond donors (Lipinski definition) is 0. The van der Waals surface area contributed by atoms with E-state index in [0.717, 1.165) is 12.1 Å². The number of aromatic nitrogens is 2. The molecule has 0 aliphatic carbocycles. The van der Waals surface area contributed by atoms with E-state index in [1.807, 2.05) is 0 Å². The number of rotatable bonds is 3. The van der Waals surface area contributed by atoms with Crippen molar-refractivity contribution in [2.45, 2.75) is 6.42 Å². The molecule has 0 spiro atoms. The van der Waals surface area contributed by atoms with Crippen molar-refractivity contribution in [2.75, 3.05) is 0 Å². The van der Waals surface area contributed by atoms with Crippen LogP contribution in [0.1, 0.15) is 16.2 Å². The summed E-state index contributed by atoms with van der Waals surface area (Å²) in [6.07, 6.45) is 2.89. The first-order chi connectivity index (χ1) is 8.16. The predicted molar refractivity (Wildman–Crippen MR) is 56.4 cm³/mol. The molecule has 0 radical (unpaired) electrons. The van der Waals surface area contributed by atoms with Gasteiger partial charge in [-0.15, -0.1) is 0 Å². The molecule has 3 nitrogen and oxygen atoms in total. The van der Waals surface area contributed by atoms with Gasteiger partial charge in [0.1, 0.15) is 17.5 Å². The second-order valence-electron chi connectivity index (χ2n) is 3.39. The van der Waals surface area contributed by atoms with Gasteiger partial charge in [0.25, 0.3) is 0 Å². The zero-order valence-corrected chi connectivity index (χ0v) is 8.73. The average Bonchev–Trinajstić information content (AvgIpc) is 2.30. The van der Waals surface area contributed by atoms with Gasteiger partial charge in [-0.2, -0.15) is 0 Å². The summed E-state index contributed by atoms with van der Waals surface area (Å²) in [4.78, 5) is 19.4. The molecule has 0 N–H and O–H groups in total. The molecule has 0 atom stereocenters. The predicted octanol–water partition coefficient (Wildman–Crippen LogP) is 2.18. The number of Topliss-reactive ketones (excluding diaryl/α,β-unsaturated/α-hetero) is 1. The molecular formula is C12H8F2N2O. The molecule has 1 aromatic carbocycles. The summed E-state index contributed by atoms with van der Waals surface area (Å²) in [6, 6.07) is 4.46. The topological polar surface area (TPSA) is 42.9 Å². The minimum atomic E-state index is -0.870. The van der Waals surface area contributed by atoms with Crippen LogP contribution in [0.25, 0.3) is 0 Å². The van der Waals surface area contributed by atoms with Crippen LogP contribution < -0.4 is 0 Å². The van der Waals surface area contributed by atoms with E-state index in [-0.39, 0.29) is 12.0 Å². The first kappa shape index (κ1) is 11.3. The zero-order chi connectivity index (χ0) is 12.3. The van der Waals surface area contributed by atoms with Crippen molar-refractivity contribution in [3.63, 3.8) is 0 Å². The molecule has 2 rings (SSSR count). The number of hydrogen-bond acceptors (Lipinski definition) is 3. The van der Waals surface area contributed by atoms with Crippen LogP contribution in [0.15, 0.2) is 36.7 Å². The van der Waals surface area contributed by atoms with Crippen LogP contribution in [0.5, 0.6) is 0 Å². The standard InChI is InChI=1S/C12H8F2N2O/c13-8-2-3-9(10(14)6-8)11(17)7-12-15-4-1-5-16-12/h1-6H,7H2. The summed E-state index contributed by atoms with van der Waals surface area (Å²) >= 11 is 0.